The number of anilines is 1. The second kappa shape index (κ2) is 10.9. The van der Waals surface area contributed by atoms with Crippen molar-refractivity contribution in [2.45, 2.75) is 33.2 Å². The molecule has 1 amide bonds. The van der Waals surface area contributed by atoms with Crippen molar-refractivity contribution >= 4 is 61.2 Å². The third kappa shape index (κ3) is 6.14. The summed E-state index contributed by atoms with van der Waals surface area (Å²) in [6, 6.07) is 7.10. The normalized spacial score (nSPS) is 15.9. The lowest BCUT2D eigenvalue weighted by molar-refractivity contribution is -0.139. The van der Waals surface area contributed by atoms with Gasteiger partial charge in [0, 0.05) is 10.2 Å². The summed E-state index contributed by atoms with van der Waals surface area (Å²) in [5.41, 5.74) is 1.95. The van der Waals surface area contributed by atoms with Gasteiger partial charge in [-0.2, -0.15) is 0 Å². The summed E-state index contributed by atoms with van der Waals surface area (Å²) in [6.07, 6.45) is 0.772. The van der Waals surface area contributed by atoms with Crippen molar-refractivity contribution in [2.75, 3.05) is 17.7 Å². The molecule has 0 saturated heterocycles. The van der Waals surface area contributed by atoms with Crippen LogP contribution in [-0.4, -0.2) is 39.6 Å². The van der Waals surface area contributed by atoms with E-state index >= 15 is 0 Å². The van der Waals surface area contributed by atoms with Gasteiger partial charge < -0.3 is 10.1 Å². The molecule has 1 aliphatic rings. The zero-order valence-corrected chi connectivity index (χ0v) is 20.5. The minimum Gasteiger partial charge on any atom is -0.463 e. The molecule has 0 aliphatic carbocycles. The predicted molar refractivity (Wildman–Crippen MR) is 127 cm³/mol. The Balaban J connectivity index is 1.75. The molecule has 1 aliphatic heterocycles. The number of carbonyl (C=O) groups is 2. The van der Waals surface area contributed by atoms with E-state index in [1.54, 1.807) is 13.8 Å². The van der Waals surface area contributed by atoms with Crippen LogP contribution in [-0.2, 0) is 20.7 Å². The second-order valence-corrected chi connectivity index (χ2v) is 9.41. The van der Waals surface area contributed by atoms with E-state index < -0.39 is 12.0 Å². The van der Waals surface area contributed by atoms with Crippen molar-refractivity contribution < 1.29 is 14.3 Å². The number of hydrogen-bond acceptors (Lipinski definition) is 9. The van der Waals surface area contributed by atoms with Gasteiger partial charge in [-0.3, -0.25) is 10.1 Å². The number of benzene rings is 1. The Morgan fingerprint density at radius 2 is 2.13 bits per heavy atom. The van der Waals surface area contributed by atoms with Gasteiger partial charge in [0.25, 0.3) is 0 Å². The number of ether oxygens (including phenoxy) is 1. The number of thioether (sulfide) groups is 1. The first-order valence-corrected chi connectivity index (χ1v) is 12.2. The minimum atomic E-state index is -0.529. The number of amidine groups is 1. The van der Waals surface area contributed by atoms with Gasteiger partial charge in [0.05, 0.1) is 17.9 Å². The lowest BCUT2D eigenvalue weighted by Gasteiger charge is -2.25. The number of hydrogen-bond donors (Lipinski definition) is 2. The van der Waals surface area contributed by atoms with Crippen molar-refractivity contribution in [1.82, 2.24) is 15.5 Å². The van der Waals surface area contributed by atoms with Crippen molar-refractivity contribution in [3.63, 3.8) is 0 Å². The van der Waals surface area contributed by atoms with Crippen LogP contribution in [0.3, 0.4) is 0 Å². The van der Waals surface area contributed by atoms with Gasteiger partial charge in [-0.25, -0.2) is 9.79 Å². The fourth-order valence-electron chi connectivity index (χ4n) is 2.85. The first-order valence-electron chi connectivity index (χ1n) is 9.64. The standard InChI is InChI=1S/C20H22BrN5O3S2/c1-4-15-25-26-20(31-15)23-14(27)10-30-19-22-11(3)16(18(28)29-5-2)17(24-19)12-7-6-8-13(21)9-12/h6-9,17H,4-5,10H2,1-3H3,(H,22,24)(H,23,26,27)/t17-/m0/s1. The number of halogens is 1. The summed E-state index contributed by atoms with van der Waals surface area (Å²) in [7, 11) is 0. The largest absolute Gasteiger partial charge is 0.463 e. The zero-order chi connectivity index (χ0) is 22.4. The summed E-state index contributed by atoms with van der Waals surface area (Å²) in [5, 5.41) is 15.7. The summed E-state index contributed by atoms with van der Waals surface area (Å²) < 4.78 is 6.13. The third-order valence-corrected chi connectivity index (χ3v) is 6.60. The zero-order valence-electron chi connectivity index (χ0n) is 17.3. The van der Waals surface area contributed by atoms with Crippen molar-refractivity contribution in [2.24, 2.45) is 4.99 Å². The molecule has 0 bridgehead atoms. The molecule has 2 N–H and O–H groups in total. The maximum Gasteiger partial charge on any atom is 0.338 e. The fourth-order valence-corrected chi connectivity index (χ4v) is 4.71. The quantitative estimate of drug-likeness (QED) is 0.526. The summed E-state index contributed by atoms with van der Waals surface area (Å²) >= 11 is 6.08. The summed E-state index contributed by atoms with van der Waals surface area (Å²) in [4.78, 5) is 29.6. The van der Waals surface area contributed by atoms with E-state index in [2.05, 4.69) is 36.8 Å². The molecule has 1 aromatic heterocycles. The van der Waals surface area contributed by atoms with Gasteiger partial charge in [-0.1, -0.05) is 58.1 Å². The number of aryl methyl sites for hydroxylation is 1. The van der Waals surface area contributed by atoms with Gasteiger partial charge in [-0.05, 0) is 38.0 Å². The number of aromatic nitrogens is 2. The Kier molecular flexibility index (Phi) is 8.22. The monoisotopic (exact) mass is 523 g/mol. The topological polar surface area (TPSA) is 106 Å². The highest BCUT2D eigenvalue weighted by Gasteiger charge is 2.30. The van der Waals surface area contributed by atoms with E-state index in [9.17, 15) is 9.59 Å². The number of esters is 1. The van der Waals surface area contributed by atoms with E-state index in [0.29, 0.717) is 21.6 Å². The Morgan fingerprint density at radius 3 is 2.81 bits per heavy atom. The smallest absolute Gasteiger partial charge is 0.338 e. The minimum absolute atomic E-state index is 0.139. The van der Waals surface area contributed by atoms with Crippen LogP contribution in [0.1, 0.15) is 37.4 Å². The molecular weight excluding hydrogens is 502 g/mol. The molecule has 3 rings (SSSR count). The van der Waals surface area contributed by atoms with E-state index in [0.717, 1.165) is 21.5 Å². The molecule has 11 heteroatoms. The molecule has 2 heterocycles. The molecule has 0 unspecified atom stereocenters. The van der Waals surface area contributed by atoms with Gasteiger partial charge in [0.2, 0.25) is 11.0 Å². The van der Waals surface area contributed by atoms with Crippen LogP contribution in [0.15, 0.2) is 45.0 Å². The highest BCUT2D eigenvalue weighted by atomic mass is 79.9. The molecule has 2 aromatic rings. The fraction of sp³-hybridized carbons (Fsp3) is 0.350. The number of carbonyl (C=O) groups excluding carboxylic acids is 2. The van der Waals surface area contributed by atoms with Gasteiger partial charge in [0.15, 0.2) is 5.17 Å². The Hall–Kier alpha value is -2.24. The lowest BCUT2D eigenvalue weighted by Crippen LogP contribution is -2.31. The highest BCUT2D eigenvalue weighted by Crippen LogP contribution is 2.34. The molecular formula is C20H22BrN5O3S2. The molecule has 0 saturated carbocycles. The van der Waals surface area contributed by atoms with Crippen molar-refractivity contribution in [1.29, 1.82) is 0 Å². The molecule has 0 spiro atoms. The average Bonchev–Trinajstić information content (AvgIpc) is 3.19. The van der Waals surface area contributed by atoms with Crippen LogP contribution in [0.25, 0.3) is 0 Å². The SMILES string of the molecule is CCOC(=O)C1=C(C)NC(SCC(=O)Nc2nnc(CC)s2)=N[C@H]1c1cccc(Br)c1. The molecule has 164 valence electrons. The van der Waals surface area contributed by atoms with E-state index in [1.165, 1.54) is 23.1 Å². The first-order chi connectivity index (χ1) is 14.9. The summed E-state index contributed by atoms with van der Waals surface area (Å²) in [5.74, 6) is -0.476. The lowest BCUT2D eigenvalue weighted by atomic mass is 9.97. The Morgan fingerprint density at radius 1 is 1.32 bits per heavy atom. The van der Waals surface area contributed by atoms with Crippen LogP contribution < -0.4 is 10.6 Å². The highest BCUT2D eigenvalue weighted by molar-refractivity contribution is 9.10. The van der Waals surface area contributed by atoms with Crippen LogP contribution in [0.4, 0.5) is 5.13 Å². The van der Waals surface area contributed by atoms with Gasteiger partial charge in [0.1, 0.15) is 11.0 Å². The van der Waals surface area contributed by atoms with E-state index in [1.807, 2.05) is 31.2 Å². The number of amides is 1. The van der Waals surface area contributed by atoms with E-state index in [4.69, 9.17) is 9.73 Å². The van der Waals surface area contributed by atoms with Crippen LogP contribution in [0, 0.1) is 0 Å². The third-order valence-electron chi connectivity index (χ3n) is 4.23. The number of nitrogens with one attached hydrogen (secondary N) is 2. The average molecular weight is 524 g/mol. The second-order valence-electron chi connectivity index (χ2n) is 6.47. The molecule has 31 heavy (non-hydrogen) atoms. The van der Waals surface area contributed by atoms with Crippen molar-refractivity contribution in [3.8, 4) is 0 Å². The maximum atomic E-state index is 12.6. The van der Waals surface area contributed by atoms with Crippen LogP contribution in [0.2, 0.25) is 0 Å². The number of aliphatic imine (C=N–C) groups is 1. The number of rotatable bonds is 7. The molecule has 0 fully saturated rings. The van der Waals surface area contributed by atoms with E-state index in [-0.39, 0.29) is 18.3 Å². The van der Waals surface area contributed by atoms with Gasteiger partial charge >= 0.3 is 5.97 Å². The molecule has 1 atom stereocenters. The summed E-state index contributed by atoms with van der Waals surface area (Å²) in [6.45, 7) is 5.83. The first kappa shape index (κ1) is 23.4. The number of allylic oxidation sites excluding steroid dienone is 1. The molecule has 0 radical (unpaired) electrons. The van der Waals surface area contributed by atoms with Gasteiger partial charge in [-0.15, -0.1) is 10.2 Å². The molecule has 1 aromatic carbocycles. The Bertz CT molecular complexity index is 1040. The van der Waals surface area contributed by atoms with Crippen molar-refractivity contribution in [3.05, 3.63) is 50.6 Å². The Labute approximate surface area is 197 Å². The number of nitrogens with zero attached hydrogens (tertiary/aromatic N) is 3. The predicted octanol–water partition coefficient (Wildman–Crippen LogP) is 4.07. The molecule has 8 nitrogen and oxygen atoms in total. The van der Waals surface area contributed by atoms with Crippen LogP contribution in [0.5, 0.6) is 0 Å². The maximum absolute atomic E-state index is 12.6. The van der Waals surface area contributed by atoms with Crippen LogP contribution >= 0.6 is 39.0 Å².